The van der Waals surface area contributed by atoms with E-state index in [4.69, 9.17) is 10.5 Å². The molecule has 1 amide bonds. The Hall–Kier alpha value is -2.97. The molecule has 0 radical (unpaired) electrons. The van der Waals surface area contributed by atoms with Crippen molar-refractivity contribution in [1.82, 2.24) is 15.3 Å². The molecule has 0 unspecified atom stereocenters. The highest BCUT2D eigenvalue weighted by molar-refractivity contribution is 6.03. The van der Waals surface area contributed by atoms with Gasteiger partial charge in [0.2, 0.25) is 0 Å². The van der Waals surface area contributed by atoms with Gasteiger partial charge in [-0.1, -0.05) is 18.2 Å². The van der Waals surface area contributed by atoms with Crippen LogP contribution in [0.25, 0.3) is 11.3 Å². The van der Waals surface area contributed by atoms with E-state index in [1.54, 1.807) is 5.32 Å². The van der Waals surface area contributed by atoms with Gasteiger partial charge in [0.05, 0.1) is 11.3 Å². The highest BCUT2D eigenvalue weighted by Gasteiger charge is 2.33. The van der Waals surface area contributed by atoms with Gasteiger partial charge in [-0.05, 0) is 12.1 Å². The van der Waals surface area contributed by atoms with Crippen molar-refractivity contribution in [2.75, 3.05) is 0 Å². The van der Waals surface area contributed by atoms with Gasteiger partial charge in [-0.15, -0.1) is 0 Å². The molecule has 1 aromatic heterocycles. The molecular weight excluding hydrogens is 301 g/mol. The molecule has 1 heterocycles. The molecule has 0 aliphatic carbocycles. The van der Waals surface area contributed by atoms with Crippen LogP contribution in [0.15, 0.2) is 36.7 Å². The summed E-state index contributed by atoms with van der Waals surface area (Å²) in [6.45, 7) is 0. The lowest BCUT2D eigenvalue weighted by Crippen LogP contribution is -2.29. The Morgan fingerprint density at radius 1 is 1.23 bits per heavy atom. The molecule has 0 bridgehead atoms. The van der Waals surface area contributed by atoms with Crippen LogP contribution in [0.4, 0.5) is 18.0 Å². The predicted molar refractivity (Wildman–Crippen MR) is 70.5 cm³/mol. The van der Waals surface area contributed by atoms with Crippen LogP contribution in [0.3, 0.4) is 0 Å². The van der Waals surface area contributed by atoms with Crippen LogP contribution in [-0.4, -0.2) is 27.0 Å². The number of aromatic nitrogens is 2. The smallest absolute Gasteiger partial charge is 0.417 e. The zero-order valence-corrected chi connectivity index (χ0v) is 10.8. The molecule has 2 rings (SSSR count). The Morgan fingerprint density at radius 2 is 1.91 bits per heavy atom. The van der Waals surface area contributed by atoms with Crippen LogP contribution < -0.4 is 5.32 Å². The molecule has 6 nitrogen and oxygen atoms in total. The number of alkyl halides is 3. The van der Waals surface area contributed by atoms with Crippen LogP contribution in [0.2, 0.25) is 0 Å². The van der Waals surface area contributed by atoms with Crippen LogP contribution in [0.5, 0.6) is 0 Å². The van der Waals surface area contributed by atoms with Crippen molar-refractivity contribution in [2.45, 2.75) is 6.18 Å². The number of amidine groups is 1. The summed E-state index contributed by atoms with van der Waals surface area (Å²) in [5, 5.41) is 17.8. The standard InChI is InChI=1S/C13H9F3N4O2/c14-13(15,16)8-4-2-1-3-7(8)9-5-10(19-6-18-9)11(17)20-12(21)22/h1-6H,(H2,17,20)(H,21,22). The Kier molecular flexibility index (Phi) is 4.06. The Morgan fingerprint density at radius 3 is 2.55 bits per heavy atom. The summed E-state index contributed by atoms with van der Waals surface area (Å²) in [6, 6.07) is 5.94. The minimum absolute atomic E-state index is 0.0603. The minimum Gasteiger partial charge on any atom is -0.465 e. The fourth-order valence-corrected chi connectivity index (χ4v) is 1.77. The lowest BCUT2D eigenvalue weighted by Gasteiger charge is -2.12. The first-order valence-corrected chi connectivity index (χ1v) is 5.86. The van der Waals surface area contributed by atoms with Gasteiger partial charge >= 0.3 is 12.3 Å². The topological polar surface area (TPSA) is 99.0 Å². The molecule has 0 atom stereocenters. The van der Waals surface area contributed by atoms with Crippen molar-refractivity contribution in [3.63, 3.8) is 0 Å². The monoisotopic (exact) mass is 310 g/mol. The van der Waals surface area contributed by atoms with E-state index in [0.717, 1.165) is 18.5 Å². The van der Waals surface area contributed by atoms with Crippen molar-refractivity contribution in [2.24, 2.45) is 0 Å². The van der Waals surface area contributed by atoms with Gasteiger partial charge in [-0.25, -0.2) is 14.8 Å². The number of halogens is 3. The molecule has 0 aliphatic heterocycles. The lowest BCUT2D eigenvalue weighted by atomic mass is 10.0. The molecule has 0 fully saturated rings. The van der Waals surface area contributed by atoms with Crippen molar-refractivity contribution in [3.8, 4) is 11.3 Å². The summed E-state index contributed by atoms with van der Waals surface area (Å²) >= 11 is 0. The number of benzene rings is 1. The van der Waals surface area contributed by atoms with E-state index in [2.05, 4.69) is 9.97 Å². The zero-order chi connectivity index (χ0) is 16.3. The molecule has 22 heavy (non-hydrogen) atoms. The summed E-state index contributed by atoms with van der Waals surface area (Å²) in [6.07, 6.45) is -5.06. The molecule has 0 aliphatic rings. The Bertz CT molecular complexity index is 731. The average molecular weight is 310 g/mol. The van der Waals surface area contributed by atoms with E-state index in [-0.39, 0.29) is 17.0 Å². The van der Waals surface area contributed by atoms with Gasteiger partial charge < -0.3 is 5.11 Å². The third-order valence-electron chi connectivity index (χ3n) is 2.66. The van der Waals surface area contributed by atoms with Crippen LogP contribution >= 0.6 is 0 Å². The van der Waals surface area contributed by atoms with Crippen molar-refractivity contribution < 1.29 is 23.1 Å². The van der Waals surface area contributed by atoms with Crippen LogP contribution in [-0.2, 0) is 6.18 Å². The SMILES string of the molecule is N=C(NC(=O)O)c1cc(-c2ccccc2C(F)(F)F)ncn1. The summed E-state index contributed by atoms with van der Waals surface area (Å²) in [5.41, 5.74) is -1.25. The minimum atomic E-state index is -4.56. The highest BCUT2D eigenvalue weighted by Crippen LogP contribution is 2.36. The maximum absolute atomic E-state index is 13.0. The molecular formula is C13H9F3N4O2. The van der Waals surface area contributed by atoms with E-state index in [0.29, 0.717) is 0 Å². The number of amides is 1. The first-order valence-electron chi connectivity index (χ1n) is 5.86. The summed E-state index contributed by atoms with van der Waals surface area (Å²) in [7, 11) is 0. The summed E-state index contributed by atoms with van der Waals surface area (Å²) in [5.74, 6) is -0.555. The number of hydrogen-bond donors (Lipinski definition) is 3. The number of hydrogen-bond acceptors (Lipinski definition) is 4. The van der Waals surface area contributed by atoms with Gasteiger partial charge in [0, 0.05) is 5.56 Å². The fraction of sp³-hybridized carbons (Fsp3) is 0.0769. The van der Waals surface area contributed by atoms with E-state index in [1.165, 1.54) is 18.2 Å². The number of carbonyl (C=O) groups is 1. The van der Waals surface area contributed by atoms with E-state index in [1.807, 2.05) is 0 Å². The van der Waals surface area contributed by atoms with Gasteiger partial charge in [0.25, 0.3) is 0 Å². The van der Waals surface area contributed by atoms with Crippen molar-refractivity contribution in [3.05, 3.63) is 47.9 Å². The molecule has 2 aromatic rings. The lowest BCUT2D eigenvalue weighted by molar-refractivity contribution is -0.137. The van der Waals surface area contributed by atoms with Crippen molar-refractivity contribution in [1.29, 1.82) is 5.41 Å². The maximum Gasteiger partial charge on any atom is 0.417 e. The zero-order valence-electron chi connectivity index (χ0n) is 10.8. The van der Waals surface area contributed by atoms with E-state index >= 15 is 0 Å². The first-order chi connectivity index (χ1) is 10.3. The molecule has 0 spiro atoms. The normalized spacial score (nSPS) is 11.0. The third kappa shape index (κ3) is 3.37. The van der Waals surface area contributed by atoms with Gasteiger partial charge in [-0.2, -0.15) is 13.2 Å². The Labute approximate surface area is 122 Å². The number of nitrogens with one attached hydrogen (secondary N) is 2. The van der Waals surface area contributed by atoms with Gasteiger partial charge in [-0.3, -0.25) is 10.7 Å². The average Bonchev–Trinajstić information content (AvgIpc) is 2.46. The van der Waals surface area contributed by atoms with Crippen molar-refractivity contribution >= 4 is 11.9 Å². The third-order valence-corrected chi connectivity index (χ3v) is 2.66. The molecule has 9 heteroatoms. The van der Waals surface area contributed by atoms with E-state index in [9.17, 15) is 18.0 Å². The molecule has 114 valence electrons. The Balaban J connectivity index is 2.47. The van der Waals surface area contributed by atoms with Crippen LogP contribution in [0.1, 0.15) is 11.3 Å². The molecule has 1 aromatic carbocycles. The van der Waals surface area contributed by atoms with Crippen LogP contribution in [0, 0.1) is 5.41 Å². The largest absolute Gasteiger partial charge is 0.465 e. The van der Waals surface area contributed by atoms with Gasteiger partial charge in [0.15, 0.2) is 5.84 Å². The molecule has 3 N–H and O–H groups in total. The second-order valence-electron chi connectivity index (χ2n) is 4.14. The highest BCUT2D eigenvalue weighted by atomic mass is 19.4. The quantitative estimate of drug-likeness (QED) is 0.586. The molecule has 0 saturated heterocycles. The first kappa shape index (κ1) is 15.4. The van der Waals surface area contributed by atoms with Gasteiger partial charge in [0.1, 0.15) is 12.0 Å². The summed E-state index contributed by atoms with van der Waals surface area (Å²) in [4.78, 5) is 17.9. The molecule has 0 saturated carbocycles. The summed E-state index contributed by atoms with van der Waals surface area (Å²) < 4.78 is 39.0. The second kappa shape index (κ2) is 5.80. The second-order valence-corrected chi connectivity index (χ2v) is 4.14. The fourth-order valence-electron chi connectivity index (χ4n) is 1.77. The maximum atomic E-state index is 13.0. The number of nitrogens with zero attached hydrogens (tertiary/aromatic N) is 2. The van der Waals surface area contributed by atoms with E-state index < -0.39 is 23.7 Å². The number of carboxylic acid groups (broad SMARTS) is 1. The number of rotatable bonds is 2. The predicted octanol–water partition coefficient (Wildman–Crippen LogP) is 2.76.